The number of rotatable bonds is 6. The number of hydrogen-bond donors (Lipinski definition) is 2. The van der Waals surface area contributed by atoms with Crippen LogP contribution in [0.3, 0.4) is 0 Å². The van der Waals surface area contributed by atoms with Gasteiger partial charge in [-0.1, -0.05) is 13.8 Å². The van der Waals surface area contributed by atoms with Crippen LogP contribution in [0, 0.1) is 4.77 Å². The molecule has 0 bridgehead atoms. The van der Waals surface area contributed by atoms with Crippen LogP contribution in [0.25, 0.3) is 0 Å². The van der Waals surface area contributed by atoms with E-state index in [9.17, 15) is 4.79 Å². The fraction of sp³-hybridized carbons (Fsp3) is 0.667. The molecule has 0 aliphatic carbocycles. The average molecular weight is 255 g/mol. The molecule has 96 valence electrons. The molecule has 0 saturated heterocycles. The van der Waals surface area contributed by atoms with Crippen molar-refractivity contribution in [3.63, 3.8) is 0 Å². The van der Waals surface area contributed by atoms with E-state index in [1.165, 1.54) is 0 Å². The maximum absolute atomic E-state index is 11.6. The molecule has 5 heteroatoms. The third-order valence-electron chi connectivity index (χ3n) is 2.90. The highest BCUT2D eigenvalue weighted by Gasteiger charge is 2.07. The van der Waals surface area contributed by atoms with Gasteiger partial charge in [-0.05, 0) is 32.0 Å². The van der Waals surface area contributed by atoms with E-state index in [0.717, 1.165) is 18.5 Å². The Kier molecular flexibility index (Phi) is 5.41. The number of amides is 1. The number of aryl methyl sites for hydroxylation is 1. The molecular weight excluding hydrogens is 234 g/mol. The Labute approximate surface area is 107 Å². The van der Waals surface area contributed by atoms with Gasteiger partial charge < -0.3 is 14.9 Å². The standard InChI is InChI=1S/C12H21N3OS/c1-4-9(3)14-11(16)6-7-15-10(5-2)8-13-12(15)17/h8-9H,4-7H2,1-3H3,(H,13,17)(H,14,16). The van der Waals surface area contributed by atoms with Gasteiger partial charge in [-0.25, -0.2) is 0 Å². The lowest BCUT2D eigenvalue weighted by atomic mass is 10.2. The average Bonchev–Trinajstić information content (AvgIpc) is 2.67. The van der Waals surface area contributed by atoms with Crippen LogP contribution in [0.1, 0.15) is 39.3 Å². The van der Waals surface area contributed by atoms with Crippen LogP contribution in [0.2, 0.25) is 0 Å². The molecule has 1 rings (SSSR count). The van der Waals surface area contributed by atoms with Crippen molar-refractivity contribution in [3.05, 3.63) is 16.7 Å². The zero-order valence-corrected chi connectivity index (χ0v) is 11.6. The molecule has 0 spiro atoms. The van der Waals surface area contributed by atoms with Crippen molar-refractivity contribution in [1.29, 1.82) is 0 Å². The van der Waals surface area contributed by atoms with E-state index < -0.39 is 0 Å². The molecule has 0 aliphatic heterocycles. The Morgan fingerprint density at radius 2 is 2.29 bits per heavy atom. The quantitative estimate of drug-likeness (QED) is 0.767. The molecule has 1 unspecified atom stereocenters. The Morgan fingerprint density at radius 1 is 1.59 bits per heavy atom. The summed E-state index contributed by atoms with van der Waals surface area (Å²) < 4.78 is 2.68. The summed E-state index contributed by atoms with van der Waals surface area (Å²) in [6.45, 7) is 6.79. The molecule has 1 heterocycles. The van der Waals surface area contributed by atoms with E-state index in [4.69, 9.17) is 12.2 Å². The molecule has 1 aromatic rings. The van der Waals surface area contributed by atoms with E-state index >= 15 is 0 Å². The minimum absolute atomic E-state index is 0.0875. The number of aromatic amines is 1. The predicted octanol–water partition coefficient (Wildman–Crippen LogP) is 2.41. The van der Waals surface area contributed by atoms with E-state index in [1.807, 2.05) is 17.7 Å². The summed E-state index contributed by atoms with van der Waals surface area (Å²) in [5.74, 6) is 0.0875. The Morgan fingerprint density at radius 3 is 2.88 bits per heavy atom. The topological polar surface area (TPSA) is 49.8 Å². The lowest BCUT2D eigenvalue weighted by Gasteiger charge is -2.12. The summed E-state index contributed by atoms with van der Waals surface area (Å²) in [6, 6.07) is 0.243. The minimum Gasteiger partial charge on any atom is -0.354 e. The fourth-order valence-corrected chi connectivity index (χ4v) is 1.90. The van der Waals surface area contributed by atoms with Gasteiger partial charge in [-0.2, -0.15) is 0 Å². The van der Waals surface area contributed by atoms with Crippen molar-refractivity contribution in [2.75, 3.05) is 0 Å². The smallest absolute Gasteiger partial charge is 0.222 e. The van der Waals surface area contributed by atoms with Crippen LogP contribution in [-0.4, -0.2) is 21.5 Å². The fourth-order valence-electron chi connectivity index (χ4n) is 1.63. The lowest BCUT2D eigenvalue weighted by molar-refractivity contribution is -0.121. The highest BCUT2D eigenvalue weighted by Crippen LogP contribution is 2.04. The predicted molar refractivity (Wildman–Crippen MR) is 71.5 cm³/mol. The number of imidazole rings is 1. The summed E-state index contributed by atoms with van der Waals surface area (Å²) in [5, 5.41) is 2.95. The Balaban J connectivity index is 2.52. The van der Waals surface area contributed by atoms with E-state index in [1.54, 1.807) is 0 Å². The first-order valence-electron chi connectivity index (χ1n) is 6.14. The molecule has 2 N–H and O–H groups in total. The molecule has 0 aliphatic rings. The first kappa shape index (κ1) is 14.0. The van der Waals surface area contributed by atoms with E-state index in [0.29, 0.717) is 17.7 Å². The van der Waals surface area contributed by atoms with Crippen molar-refractivity contribution < 1.29 is 4.79 Å². The first-order chi connectivity index (χ1) is 8.08. The van der Waals surface area contributed by atoms with Crippen LogP contribution < -0.4 is 5.32 Å². The van der Waals surface area contributed by atoms with E-state index in [2.05, 4.69) is 24.1 Å². The molecule has 17 heavy (non-hydrogen) atoms. The van der Waals surface area contributed by atoms with Gasteiger partial charge in [0.25, 0.3) is 0 Å². The zero-order valence-electron chi connectivity index (χ0n) is 10.7. The lowest BCUT2D eigenvalue weighted by Crippen LogP contribution is -2.32. The third kappa shape index (κ3) is 4.00. The normalized spacial score (nSPS) is 12.4. The second-order valence-electron chi connectivity index (χ2n) is 4.22. The third-order valence-corrected chi connectivity index (χ3v) is 3.24. The molecule has 1 amide bonds. The van der Waals surface area contributed by atoms with Crippen LogP contribution in [0.5, 0.6) is 0 Å². The highest BCUT2D eigenvalue weighted by atomic mass is 32.1. The number of H-pyrrole nitrogens is 1. The maximum Gasteiger partial charge on any atom is 0.222 e. The van der Waals surface area contributed by atoms with Gasteiger partial charge in [0, 0.05) is 30.9 Å². The number of hydrogen-bond acceptors (Lipinski definition) is 2. The summed E-state index contributed by atoms with van der Waals surface area (Å²) in [5.41, 5.74) is 1.14. The summed E-state index contributed by atoms with van der Waals surface area (Å²) in [6.07, 6.45) is 4.26. The van der Waals surface area contributed by atoms with Gasteiger partial charge in [0.1, 0.15) is 0 Å². The van der Waals surface area contributed by atoms with Crippen LogP contribution >= 0.6 is 12.2 Å². The largest absolute Gasteiger partial charge is 0.354 e. The number of aromatic nitrogens is 2. The monoisotopic (exact) mass is 255 g/mol. The SMILES string of the molecule is CCc1c[nH]c(=S)n1CCC(=O)NC(C)CC. The summed E-state index contributed by atoms with van der Waals surface area (Å²) >= 11 is 5.18. The Hall–Kier alpha value is -1.10. The maximum atomic E-state index is 11.6. The second-order valence-corrected chi connectivity index (χ2v) is 4.60. The van der Waals surface area contributed by atoms with Crippen LogP contribution in [-0.2, 0) is 17.8 Å². The number of nitrogens with zero attached hydrogens (tertiary/aromatic N) is 1. The van der Waals surface area contributed by atoms with Gasteiger partial charge in [-0.3, -0.25) is 4.79 Å². The van der Waals surface area contributed by atoms with Crippen LogP contribution in [0.15, 0.2) is 6.20 Å². The number of carbonyl (C=O) groups excluding carboxylic acids is 1. The molecular formula is C12H21N3OS. The van der Waals surface area contributed by atoms with Gasteiger partial charge in [-0.15, -0.1) is 0 Å². The molecule has 4 nitrogen and oxygen atoms in total. The molecule has 0 saturated carbocycles. The number of carbonyl (C=O) groups is 1. The molecule has 1 atom stereocenters. The molecule has 1 aromatic heterocycles. The summed E-state index contributed by atoms with van der Waals surface area (Å²) in [4.78, 5) is 14.7. The molecule has 0 radical (unpaired) electrons. The van der Waals surface area contributed by atoms with Crippen molar-refractivity contribution in [1.82, 2.24) is 14.9 Å². The van der Waals surface area contributed by atoms with Gasteiger partial charge in [0.2, 0.25) is 5.91 Å². The Bertz CT molecular complexity index is 422. The van der Waals surface area contributed by atoms with Crippen molar-refractivity contribution in [3.8, 4) is 0 Å². The van der Waals surface area contributed by atoms with Crippen molar-refractivity contribution in [2.24, 2.45) is 0 Å². The second kappa shape index (κ2) is 6.59. The van der Waals surface area contributed by atoms with Gasteiger partial charge >= 0.3 is 0 Å². The minimum atomic E-state index is 0.0875. The first-order valence-corrected chi connectivity index (χ1v) is 6.55. The van der Waals surface area contributed by atoms with Gasteiger partial charge in [0.05, 0.1) is 0 Å². The van der Waals surface area contributed by atoms with Crippen LogP contribution in [0.4, 0.5) is 0 Å². The zero-order chi connectivity index (χ0) is 12.8. The number of nitrogens with one attached hydrogen (secondary N) is 2. The van der Waals surface area contributed by atoms with E-state index in [-0.39, 0.29) is 11.9 Å². The molecule has 0 fully saturated rings. The summed E-state index contributed by atoms with van der Waals surface area (Å²) in [7, 11) is 0. The van der Waals surface area contributed by atoms with Crippen molar-refractivity contribution >= 4 is 18.1 Å². The molecule has 0 aromatic carbocycles. The highest BCUT2D eigenvalue weighted by molar-refractivity contribution is 7.71. The van der Waals surface area contributed by atoms with Crippen molar-refractivity contribution in [2.45, 2.75) is 52.6 Å². The van der Waals surface area contributed by atoms with Gasteiger partial charge in [0.15, 0.2) is 4.77 Å².